The average Bonchev–Trinajstić information content (AvgIpc) is 2.61. The van der Waals surface area contributed by atoms with Crippen LogP contribution in [0.3, 0.4) is 0 Å². The lowest BCUT2D eigenvalue weighted by molar-refractivity contribution is -0.131. The Morgan fingerprint density at radius 3 is 2.67 bits per heavy atom. The van der Waals surface area contributed by atoms with E-state index in [0.29, 0.717) is 11.6 Å². The molecule has 1 unspecified atom stereocenters. The van der Waals surface area contributed by atoms with E-state index in [1.807, 2.05) is 36.4 Å². The van der Waals surface area contributed by atoms with Crippen LogP contribution in [-0.4, -0.2) is 25.3 Å². The Hall–Kier alpha value is -2.53. The van der Waals surface area contributed by atoms with Gasteiger partial charge in [0, 0.05) is 17.1 Å². The molecule has 0 aliphatic heterocycles. The highest BCUT2D eigenvalue weighted by atomic mass is 35.5. The van der Waals surface area contributed by atoms with E-state index in [2.05, 4.69) is 10.5 Å². The van der Waals surface area contributed by atoms with Gasteiger partial charge < -0.3 is 14.9 Å². The summed E-state index contributed by atoms with van der Waals surface area (Å²) < 4.78 is 5.24. The number of hydrogen-bond donors (Lipinski definition) is 1. The summed E-state index contributed by atoms with van der Waals surface area (Å²) >= 11 is 5.81. The third-order valence-electron chi connectivity index (χ3n) is 3.31. The first-order valence-corrected chi connectivity index (χ1v) is 7.82. The number of rotatable bonds is 7. The fraction of sp³-hybridized carbons (Fsp3) is 0.222. The highest BCUT2D eigenvalue weighted by Gasteiger charge is 2.14. The molecule has 2 aromatic carbocycles. The number of carbonyl (C=O) groups is 1. The van der Waals surface area contributed by atoms with Crippen LogP contribution in [0.25, 0.3) is 0 Å². The summed E-state index contributed by atoms with van der Waals surface area (Å²) in [7, 11) is 1.60. The van der Waals surface area contributed by atoms with Gasteiger partial charge in [0.05, 0.1) is 13.3 Å². The minimum atomic E-state index is -0.705. The zero-order valence-electron chi connectivity index (χ0n) is 13.5. The summed E-state index contributed by atoms with van der Waals surface area (Å²) in [5, 5.41) is 7.27. The third-order valence-corrected chi connectivity index (χ3v) is 3.56. The van der Waals surface area contributed by atoms with E-state index >= 15 is 0 Å². The number of benzene rings is 2. The first-order valence-electron chi connectivity index (χ1n) is 7.44. The highest BCUT2D eigenvalue weighted by molar-refractivity contribution is 6.30. The van der Waals surface area contributed by atoms with Crippen molar-refractivity contribution in [1.29, 1.82) is 0 Å². The molecule has 6 heteroatoms. The maximum absolute atomic E-state index is 12.0. The van der Waals surface area contributed by atoms with Crippen LogP contribution in [0.1, 0.15) is 18.1 Å². The number of para-hydroxylation sites is 1. The molecule has 0 saturated heterocycles. The second-order valence-corrected chi connectivity index (χ2v) is 5.50. The smallest absolute Gasteiger partial charge is 0.263 e. The van der Waals surface area contributed by atoms with Crippen molar-refractivity contribution in [2.75, 3.05) is 7.11 Å². The van der Waals surface area contributed by atoms with E-state index in [1.54, 1.807) is 26.2 Å². The molecule has 0 fully saturated rings. The normalized spacial score (nSPS) is 12.0. The van der Waals surface area contributed by atoms with E-state index < -0.39 is 6.10 Å². The summed E-state index contributed by atoms with van der Waals surface area (Å²) in [6.45, 7) is 1.99. The van der Waals surface area contributed by atoms with Gasteiger partial charge in [-0.1, -0.05) is 47.1 Å². The van der Waals surface area contributed by atoms with Gasteiger partial charge in [0.2, 0.25) is 6.10 Å². The number of nitrogens with zero attached hydrogens (tertiary/aromatic N) is 1. The molecule has 126 valence electrons. The summed E-state index contributed by atoms with van der Waals surface area (Å²) in [5.74, 6) is 0.473. The summed E-state index contributed by atoms with van der Waals surface area (Å²) in [5.41, 5.74) is 1.73. The molecule has 2 aromatic rings. The molecule has 0 aliphatic rings. The van der Waals surface area contributed by atoms with Gasteiger partial charge in [-0.3, -0.25) is 4.79 Å². The molecule has 1 N–H and O–H groups in total. The summed E-state index contributed by atoms with van der Waals surface area (Å²) in [4.78, 5) is 17.2. The first-order chi connectivity index (χ1) is 11.6. The lowest BCUT2D eigenvalue weighted by atomic mass is 10.2. The molecule has 1 atom stereocenters. The SMILES string of the molecule is COc1ccccc1CNC(=O)C(C)O/N=C/c1ccc(Cl)cc1. The molecule has 2 rings (SSSR count). The van der Waals surface area contributed by atoms with Crippen molar-refractivity contribution in [3.05, 3.63) is 64.7 Å². The van der Waals surface area contributed by atoms with Gasteiger partial charge in [-0.15, -0.1) is 0 Å². The molecule has 0 saturated carbocycles. The number of carbonyl (C=O) groups excluding carboxylic acids is 1. The Kier molecular flexibility index (Phi) is 6.63. The zero-order valence-corrected chi connectivity index (χ0v) is 14.3. The van der Waals surface area contributed by atoms with Crippen molar-refractivity contribution >= 4 is 23.7 Å². The van der Waals surface area contributed by atoms with Gasteiger partial charge in [0.25, 0.3) is 5.91 Å². The van der Waals surface area contributed by atoms with Gasteiger partial charge in [-0.25, -0.2) is 0 Å². The standard InChI is InChI=1S/C18H19ClN2O3/c1-13(24-21-11-14-7-9-16(19)10-8-14)18(22)20-12-15-5-3-4-6-17(15)23-2/h3-11,13H,12H2,1-2H3,(H,20,22)/b21-11+. The Labute approximate surface area is 146 Å². The lowest BCUT2D eigenvalue weighted by Crippen LogP contribution is -2.33. The molecule has 24 heavy (non-hydrogen) atoms. The van der Waals surface area contributed by atoms with Crippen LogP contribution < -0.4 is 10.1 Å². The molecule has 5 nitrogen and oxygen atoms in total. The van der Waals surface area contributed by atoms with Gasteiger partial charge in [0.1, 0.15) is 5.75 Å². The summed E-state index contributed by atoms with van der Waals surface area (Å²) in [6.07, 6.45) is 0.823. The van der Waals surface area contributed by atoms with Crippen LogP contribution in [0.5, 0.6) is 5.75 Å². The van der Waals surface area contributed by atoms with Crippen LogP contribution in [0.4, 0.5) is 0 Å². The monoisotopic (exact) mass is 346 g/mol. The van der Waals surface area contributed by atoms with E-state index in [1.165, 1.54) is 6.21 Å². The summed E-state index contributed by atoms with van der Waals surface area (Å²) in [6, 6.07) is 14.6. The average molecular weight is 347 g/mol. The Morgan fingerprint density at radius 1 is 1.25 bits per heavy atom. The fourth-order valence-corrected chi connectivity index (χ4v) is 2.08. The molecule has 0 aromatic heterocycles. The second-order valence-electron chi connectivity index (χ2n) is 5.06. The van der Waals surface area contributed by atoms with Crippen molar-refractivity contribution in [1.82, 2.24) is 5.32 Å². The van der Waals surface area contributed by atoms with Gasteiger partial charge in [-0.2, -0.15) is 0 Å². The van der Waals surface area contributed by atoms with Crippen molar-refractivity contribution in [3.63, 3.8) is 0 Å². The molecule has 0 bridgehead atoms. The zero-order chi connectivity index (χ0) is 17.4. The largest absolute Gasteiger partial charge is 0.496 e. The number of oxime groups is 1. The van der Waals surface area contributed by atoms with E-state index in [9.17, 15) is 4.79 Å². The predicted molar refractivity (Wildman–Crippen MR) is 94.4 cm³/mol. The number of halogens is 1. The van der Waals surface area contributed by atoms with Crippen LogP contribution in [0, 0.1) is 0 Å². The molecule has 0 spiro atoms. The van der Waals surface area contributed by atoms with Crippen molar-refractivity contribution < 1.29 is 14.4 Å². The van der Waals surface area contributed by atoms with Crippen LogP contribution in [0.2, 0.25) is 5.02 Å². The number of hydrogen-bond acceptors (Lipinski definition) is 4. The number of nitrogens with one attached hydrogen (secondary N) is 1. The molecular weight excluding hydrogens is 328 g/mol. The quantitative estimate of drug-likeness (QED) is 0.617. The maximum atomic E-state index is 12.0. The first kappa shape index (κ1) is 17.8. The van der Waals surface area contributed by atoms with Crippen LogP contribution in [0.15, 0.2) is 53.7 Å². The van der Waals surface area contributed by atoms with E-state index in [-0.39, 0.29) is 5.91 Å². The number of ether oxygens (including phenoxy) is 1. The van der Waals surface area contributed by atoms with E-state index in [4.69, 9.17) is 21.2 Å². The number of methoxy groups -OCH3 is 1. The molecular formula is C18H19ClN2O3. The Balaban J connectivity index is 1.82. The predicted octanol–water partition coefficient (Wildman–Crippen LogP) is 3.40. The molecule has 0 aliphatic carbocycles. The minimum absolute atomic E-state index is 0.255. The number of amides is 1. The molecule has 0 radical (unpaired) electrons. The highest BCUT2D eigenvalue weighted by Crippen LogP contribution is 2.16. The molecule has 1 amide bonds. The lowest BCUT2D eigenvalue weighted by Gasteiger charge is -2.12. The van der Waals surface area contributed by atoms with Crippen molar-refractivity contribution in [3.8, 4) is 5.75 Å². The van der Waals surface area contributed by atoms with Crippen LogP contribution >= 0.6 is 11.6 Å². The topological polar surface area (TPSA) is 59.9 Å². The van der Waals surface area contributed by atoms with Gasteiger partial charge in [0.15, 0.2) is 0 Å². The van der Waals surface area contributed by atoms with Crippen molar-refractivity contribution in [2.24, 2.45) is 5.16 Å². The van der Waals surface area contributed by atoms with Gasteiger partial charge in [-0.05, 0) is 30.7 Å². The van der Waals surface area contributed by atoms with Gasteiger partial charge >= 0.3 is 0 Å². The maximum Gasteiger partial charge on any atom is 0.263 e. The van der Waals surface area contributed by atoms with Crippen molar-refractivity contribution in [2.45, 2.75) is 19.6 Å². The van der Waals surface area contributed by atoms with Crippen LogP contribution in [-0.2, 0) is 16.2 Å². The Bertz CT molecular complexity index is 702. The third kappa shape index (κ3) is 5.28. The molecule has 0 heterocycles. The second kappa shape index (κ2) is 8.93. The fourth-order valence-electron chi connectivity index (χ4n) is 1.95. The Morgan fingerprint density at radius 2 is 1.96 bits per heavy atom. The van der Waals surface area contributed by atoms with E-state index in [0.717, 1.165) is 16.9 Å². The minimum Gasteiger partial charge on any atom is -0.496 e.